The topological polar surface area (TPSA) is 200 Å². The zero-order chi connectivity index (χ0) is 0. The second-order valence-corrected chi connectivity index (χ2v) is 0. The van der Waals surface area contributed by atoms with Crippen LogP contribution in [0.25, 0.3) is 0 Å². The third kappa shape index (κ3) is 170. The van der Waals surface area contributed by atoms with E-state index in [2.05, 4.69) is 0 Å². The normalized spacial score (nSPS) is 0. The van der Waals surface area contributed by atoms with Crippen LogP contribution < -0.4 is 0 Å². The number of hydrogen-bond donors (Lipinski definition) is 0. The van der Waals surface area contributed by atoms with Crippen molar-refractivity contribution >= 4 is 99.5 Å². The first kappa shape index (κ1) is 233. The average Bonchev–Trinajstić information content (AvgIpc) is 0. The molecule has 0 N–H and O–H groups in total. The zero-order valence-electron chi connectivity index (χ0n) is 5.62. The van der Waals surface area contributed by atoms with Gasteiger partial charge in [-0.2, -0.15) is 0 Å². The molecule has 0 saturated carbocycles. The van der Waals surface area contributed by atoms with E-state index in [1.54, 1.807) is 0 Å². The van der Waals surface area contributed by atoms with Gasteiger partial charge in [0.25, 0.3) is 0 Å². The fraction of sp³-hybridized carbons (Fsp3) is 0. The molecule has 2 radical (unpaired) electrons. The van der Waals surface area contributed by atoms with Crippen LogP contribution in [0.3, 0.4) is 0 Å². The molecule has 0 atom stereocenters. The molecule has 0 aliphatic carbocycles. The summed E-state index contributed by atoms with van der Waals surface area (Å²) in [5.74, 6) is 0. The van der Waals surface area contributed by atoms with Gasteiger partial charge in [0.15, 0.2) is 0 Å². The van der Waals surface area contributed by atoms with Gasteiger partial charge in [-0.05, 0) is 0 Å². The Morgan fingerprint density at radius 1 is 0.308 bits per heavy atom. The van der Waals surface area contributed by atoms with Gasteiger partial charge in [0, 0.05) is 44.8 Å². The molecule has 7 nitrogen and oxygen atoms in total. The van der Waals surface area contributed by atoms with Crippen LogP contribution in [0.2, 0.25) is 0 Å². The van der Waals surface area contributed by atoms with Gasteiger partial charge in [-0.1, -0.05) is 0 Å². The summed E-state index contributed by atoms with van der Waals surface area (Å²) in [7, 11) is 0. The molecule has 0 aromatic rings. The van der Waals surface area contributed by atoms with Crippen molar-refractivity contribution < 1.29 is 83.1 Å². The van der Waals surface area contributed by atoms with E-state index < -0.39 is 0 Å². The molecule has 0 spiro atoms. The van der Waals surface area contributed by atoms with Crippen molar-refractivity contribution in [3.63, 3.8) is 0 Å². The fourth-order valence-electron chi connectivity index (χ4n) is 0. The van der Waals surface area contributed by atoms with Crippen LogP contribution >= 0.6 is 0 Å². The zero-order valence-corrected chi connectivity index (χ0v) is 20.9. The van der Waals surface area contributed by atoms with E-state index in [1.807, 2.05) is 0 Å². The minimum Gasteiger partial charge on any atom is -2.00 e. The van der Waals surface area contributed by atoms with Gasteiger partial charge in [-0.25, -0.2) is 0 Å². The van der Waals surface area contributed by atoms with E-state index in [-0.39, 0.29) is 183 Å². The van der Waals surface area contributed by atoms with E-state index in [9.17, 15) is 0 Å². The van der Waals surface area contributed by atoms with Crippen molar-refractivity contribution in [2.45, 2.75) is 0 Å². The van der Waals surface area contributed by atoms with Crippen molar-refractivity contribution in [1.82, 2.24) is 0 Å². The summed E-state index contributed by atoms with van der Waals surface area (Å²) in [6.45, 7) is 0. The van der Waals surface area contributed by atoms with E-state index in [4.69, 9.17) is 0 Å². The van der Waals surface area contributed by atoms with Gasteiger partial charge in [0.05, 0.1) is 0 Å². The molecule has 78 valence electrons. The predicted octanol–water partition coefficient (Wildman–Crippen LogP) is -2.36. The van der Waals surface area contributed by atoms with Crippen LogP contribution in [0.4, 0.5) is 0 Å². The Morgan fingerprint density at radius 3 is 0.308 bits per heavy atom. The first-order valence-corrected chi connectivity index (χ1v) is 0. The minimum absolute atomic E-state index is 0. The number of hydrogen-bond acceptors (Lipinski definition) is 0. The largest absolute Gasteiger partial charge is 4.00 e. The van der Waals surface area contributed by atoms with Crippen molar-refractivity contribution in [3.05, 3.63) is 0 Å². The summed E-state index contributed by atoms with van der Waals surface area (Å²) >= 11 is 0. The van der Waals surface area contributed by atoms with Crippen molar-refractivity contribution in [3.8, 4) is 0 Å². The Kier molecular flexibility index (Phi) is 3470. The summed E-state index contributed by atoms with van der Waals surface area (Å²) in [5.41, 5.74) is 0. The standard InChI is InChI=1S/2Ag.2In.7O.2Sn/q;;2*+3;7*-2;2*+4. The second kappa shape index (κ2) is 194. The molecule has 0 aromatic carbocycles. The fourth-order valence-corrected chi connectivity index (χ4v) is 0. The van der Waals surface area contributed by atoms with Gasteiger partial charge in [0.1, 0.15) is 0 Å². The van der Waals surface area contributed by atoms with Gasteiger partial charge >= 0.3 is 99.5 Å². The van der Waals surface area contributed by atoms with Gasteiger partial charge < -0.3 is 38.3 Å². The SMILES string of the molecule is [Ag].[Ag].[In+3].[In+3].[O-2].[O-2].[O-2].[O-2].[O-2].[O-2].[O-2].[Sn+4].[Sn+4]. The molecule has 0 unspecified atom stereocenters. The van der Waals surface area contributed by atoms with Crippen molar-refractivity contribution in [2.24, 2.45) is 0 Å². The van der Waals surface area contributed by atoms with Crippen LogP contribution in [0.1, 0.15) is 0 Å². The molecule has 0 heterocycles. The molecule has 0 fully saturated rings. The molecule has 0 aromatic heterocycles. The summed E-state index contributed by atoms with van der Waals surface area (Å²) < 4.78 is 0. The molecular formula is Ag2In2O7Sn2. The Bertz CT molecular complexity index is 22.5. The van der Waals surface area contributed by atoms with Crippen LogP contribution in [0.5, 0.6) is 0 Å². The minimum atomic E-state index is 0. The summed E-state index contributed by atoms with van der Waals surface area (Å²) in [6.07, 6.45) is 0. The van der Waals surface area contributed by atoms with Crippen LogP contribution in [-0.4, -0.2) is 99.5 Å². The molecule has 0 aliphatic rings. The predicted molar refractivity (Wildman–Crippen MR) is 27.8 cm³/mol. The Balaban J connectivity index is 0. The number of rotatable bonds is 0. The third-order valence-corrected chi connectivity index (χ3v) is 0. The van der Waals surface area contributed by atoms with Crippen molar-refractivity contribution in [2.75, 3.05) is 0 Å². The maximum Gasteiger partial charge on any atom is 4.00 e. The first-order chi connectivity index (χ1) is 0. The molecule has 0 saturated heterocycles. The average molecular weight is 795 g/mol. The maximum absolute atomic E-state index is 0. The van der Waals surface area contributed by atoms with E-state index >= 15 is 0 Å². The van der Waals surface area contributed by atoms with Gasteiger partial charge in [-0.3, -0.25) is 0 Å². The molecule has 0 rings (SSSR count). The van der Waals surface area contributed by atoms with E-state index in [0.29, 0.717) is 0 Å². The van der Waals surface area contributed by atoms with E-state index in [1.165, 1.54) is 0 Å². The molecule has 13 heavy (non-hydrogen) atoms. The Labute approximate surface area is 179 Å². The van der Waals surface area contributed by atoms with E-state index in [0.717, 1.165) is 0 Å². The summed E-state index contributed by atoms with van der Waals surface area (Å²) in [4.78, 5) is 0. The Hall–Kier alpha value is 4.54. The van der Waals surface area contributed by atoms with Crippen LogP contribution in [0.15, 0.2) is 0 Å². The first-order valence-electron chi connectivity index (χ1n) is 0. The molecule has 13 heteroatoms. The molecule has 0 bridgehead atoms. The molecule has 0 amide bonds. The molecule has 0 aliphatic heterocycles. The molecular weight excluding hydrogens is 795 g/mol. The Morgan fingerprint density at radius 2 is 0.308 bits per heavy atom. The van der Waals surface area contributed by atoms with Crippen molar-refractivity contribution in [1.29, 1.82) is 0 Å². The van der Waals surface area contributed by atoms with Gasteiger partial charge in [-0.15, -0.1) is 0 Å². The summed E-state index contributed by atoms with van der Waals surface area (Å²) in [6, 6.07) is 0. The van der Waals surface area contributed by atoms with Crippen LogP contribution in [0, 0.1) is 0 Å². The van der Waals surface area contributed by atoms with Gasteiger partial charge in [0.2, 0.25) is 0 Å². The van der Waals surface area contributed by atoms with Crippen LogP contribution in [-0.2, 0) is 83.1 Å². The third-order valence-electron chi connectivity index (χ3n) is 0. The quantitative estimate of drug-likeness (QED) is 0.237. The monoisotopic (exact) mass is 795 g/mol. The second-order valence-electron chi connectivity index (χ2n) is 0. The smallest absolute Gasteiger partial charge is 2.00 e. The maximum atomic E-state index is 0. The summed E-state index contributed by atoms with van der Waals surface area (Å²) in [5, 5.41) is 0.